The maximum atomic E-state index is 5.84. The van der Waals surface area contributed by atoms with Crippen LogP contribution in [0.2, 0.25) is 0 Å². The van der Waals surface area contributed by atoms with Gasteiger partial charge in [-0.05, 0) is 18.6 Å². The lowest BCUT2D eigenvalue weighted by Gasteiger charge is -2.06. The average molecular weight is 203 g/mol. The van der Waals surface area contributed by atoms with E-state index < -0.39 is 0 Å². The van der Waals surface area contributed by atoms with Gasteiger partial charge < -0.3 is 10.5 Å². The Kier molecular flexibility index (Phi) is 2.33. The predicted octanol–water partition coefficient (Wildman–Crippen LogP) is 1.77. The third-order valence-corrected chi connectivity index (χ3v) is 2.27. The molecule has 0 atom stereocenters. The molecule has 1 aromatic carbocycles. The van der Waals surface area contributed by atoms with Crippen LogP contribution in [0.15, 0.2) is 30.3 Å². The van der Waals surface area contributed by atoms with Gasteiger partial charge in [-0.2, -0.15) is 0 Å². The second kappa shape index (κ2) is 3.65. The first-order valence-electron chi connectivity index (χ1n) is 4.68. The molecule has 0 amide bonds. The first kappa shape index (κ1) is 9.58. The topological polar surface area (TPSA) is 53.1 Å². The summed E-state index contributed by atoms with van der Waals surface area (Å²) in [5.74, 6) is 1.09. The number of aromatic nitrogens is 2. The van der Waals surface area contributed by atoms with Gasteiger partial charge in [0.1, 0.15) is 5.82 Å². The summed E-state index contributed by atoms with van der Waals surface area (Å²) in [6.45, 7) is 2.02. The number of hydrogen-bond acceptors (Lipinski definition) is 3. The van der Waals surface area contributed by atoms with E-state index in [2.05, 4.69) is 5.10 Å². The molecule has 2 rings (SSSR count). The third kappa shape index (κ3) is 1.66. The van der Waals surface area contributed by atoms with E-state index in [4.69, 9.17) is 10.5 Å². The molecule has 2 N–H and O–H groups in total. The van der Waals surface area contributed by atoms with Crippen molar-refractivity contribution in [1.82, 2.24) is 9.78 Å². The summed E-state index contributed by atoms with van der Waals surface area (Å²) < 4.78 is 6.70. The van der Waals surface area contributed by atoms with Crippen LogP contribution in [0.3, 0.4) is 0 Å². The lowest BCUT2D eigenvalue weighted by atomic mass is 10.2. The minimum absolute atomic E-state index is 0.524. The molecular formula is C11H13N3O. The van der Waals surface area contributed by atoms with Crippen LogP contribution >= 0.6 is 0 Å². The molecule has 0 saturated carbocycles. The van der Waals surface area contributed by atoms with Crippen molar-refractivity contribution in [3.63, 3.8) is 0 Å². The summed E-state index contributed by atoms with van der Waals surface area (Å²) in [4.78, 5) is 0. The Morgan fingerprint density at radius 2 is 2.07 bits per heavy atom. The van der Waals surface area contributed by atoms with Crippen LogP contribution in [0, 0.1) is 6.92 Å². The van der Waals surface area contributed by atoms with Gasteiger partial charge in [-0.1, -0.05) is 18.2 Å². The van der Waals surface area contributed by atoms with Crippen LogP contribution in [0.5, 0.6) is 5.88 Å². The first-order valence-corrected chi connectivity index (χ1v) is 4.68. The second-order valence-corrected chi connectivity index (χ2v) is 3.31. The first-order chi connectivity index (χ1) is 7.22. The van der Waals surface area contributed by atoms with Gasteiger partial charge in [0, 0.05) is 6.07 Å². The highest BCUT2D eigenvalue weighted by Crippen LogP contribution is 2.20. The molecular weight excluding hydrogens is 190 g/mol. The lowest BCUT2D eigenvalue weighted by Crippen LogP contribution is -2.03. The van der Waals surface area contributed by atoms with E-state index in [-0.39, 0.29) is 0 Å². The Bertz CT molecular complexity index is 476. The zero-order valence-electron chi connectivity index (χ0n) is 8.77. The number of nitrogen functional groups attached to an aromatic ring is 1. The van der Waals surface area contributed by atoms with E-state index >= 15 is 0 Å². The molecule has 0 aliphatic carbocycles. The molecule has 0 aliphatic heterocycles. The van der Waals surface area contributed by atoms with Gasteiger partial charge >= 0.3 is 0 Å². The maximum absolute atomic E-state index is 5.84. The van der Waals surface area contributed by atoms with Crippen LogP contribution in [0.4, 0.5) is 5.82 Å². The Hall–Kier alpha value is -1.97. The van der Waals surface area contributed by atoms with E-state index in [0.29, 0.717) is 11.7 Å². The predicted molar refractivity (Wildman–Crippen MR) is 59.3 cm³/mol. The molecule has 4 heteroatoms. The highest BCUT2D eigenvalue weighted by molar-refractivity contribution is 5.48. The number of benzene rings is 1. The fourth-order valence-electron chi connectivity index (χ4n) is 1.47. The van der Waals surface area contributed by atoms with Crippen molar-refractivity contribution < 1.29 is 4.74 Å². The molecule has 78 valence electrons. The molecule has 0 aliphatic rings. The molecule has 0 unspecified atom stereocenters. The summed E-state index contributed by atoms with van der Waals surface area (Å²) >= 11 is 0. The molecule has 1 aromatic heterocycles. The molecule has 15 heavy (non-hydrogen) atoms. The summed E-state index contributed by atoms with van der Waals surface area (Å²) in [5.41, 5.74) is 7.93. The summed E-state index contributed by atoms with van der Waals surface area (Å²) in [6.07, 6.45) is 0. The Balaban J connectivity index is 2.54. The second-order valence-electron chi connectivity index (χ2n) is 3.31. The van der Waals surface area contributed by atoms with Gasteiger partial charge in [0.05, 0.1) is 12.8 Å². The highest BCUT2D eigenvalue weighted by Gasteiger charge is 2.08. The number of methoxy groups -OCH3 is 1. The van der Waals surface area contributed by atoms with Gasteiger partial charge in [-0.25, -0.2) is 4.68 Å². The SMILES string of the molecule is COc1cc(N)n(-c2ccccc2C)n1. The molecule has 0 radical (unpaired) electrons. The Labute approximate surface area is 88.3 Å². The number of anilines is 1. The molecule has 0 fully saturated rings. The number of hydrogen-bond donors (Lipinski definition) is 1. The fraction of sp³-hybridized carbons (Fsp3) is 0.182. The monoisotopic (exact) mass is 203 g/mol. The lowest BCUT2D eigenvalue weighted by molar-refractivity contribution is 0.394. The minimum Gasteiger partial charge on any atom is -0.480 e. The number of rotatable bonds is 2. The van der Waals surface area contributed by atoms with Crippen molar-refractivity contribution >= 4 is 5.82 Å². The number of para-hydroxylation sites is 1. The summed E-state index contributed by atoms with van der Waals surface area (Å²) in [6, 6.07) is 9.62. The largest absolute Gasteiger partial charge is 0.480 e. The summed E-state index contributed by atoms with van der Waals surface area (Å²) in [7, 11) is 1.57. The van der Waals surface area contributed by atoms with Crippen LogP contribution in [0.25, 0.3) is 5.69 Å². The van der Waals surface area contributed by atoms with Gasteiger partial charge in [-0.15, -0.1) is 5.10 Å². The molecule has 0 saturated heterocycles. The smallest absolute Gasteiger partial charge is 0.235 e. The number of aryl methyl sites for hydroxylation is 1. The van der Waals surface area contributed by atoms with Crippen LogP contribution in [0.1, 0.15) is 5.56 Å². The molecule has 2 aromatic rings. The molecule has 4 nitrogen and oxygen atoms in total. The standard InChI is InChI=1S/C11H13N3O/c1-8-5-3-4-6-9(8)14-10(12)7-11(13-14)15-2/h3-7H,12H2,1-2H3. The number of ether oxygens (including phenoxy) is 1. The molecule has 0 bridgehead atoms. The minimum atomic E-state index is 0.524. The number of nitrogens with zero attached hydrogens (tertiary/aromatic N) is 2. The zero-order valence-corrected chi connectivity index (χ0v) is 8.77. The van der Waals surface area contributed by atoms with Crippen LogP contribution in [-0.2, 0) is 0 Å². The zero-order chi connectivity index (χ0) is 10.8. The quantitative estimate of drug-likeness (QED) is 0.809. The average Bonchev–Trinajstić information content (AvgIpc) is 2.60. The van der Waals surface area contributed by atoms with Crippen molar-refractivity contribution in [2.24, 2.45) is 0 Å². The molecule has 0 spiro atoms. The van der Waals surface area contributed by atoms with Crippen molar-refractivity contribution in [2.45, 2.75) is 6.92 Å². The van der Waals surface area contributed by atoms with Crippen LogP contribution < -0.4 is 10.5 Å². The number of nitrogens with two attached hydrogens (primary N) is 1. The van der Waals surface area contributed by atoms with Crippen molar-refractivity contribution in [1.29, 1.82) is 0 Å². The third-order valence-electron chi connectivity index (χ3n) is 2.27. The van der Waals surface area contributed by atoms with Crippen molar-refractivity contribution in [3.8, 4) is 11.6 Å². The van der Waals surface area contributed by atoms with Gasteiger partial charge in [0.2, 0.25) is 5.88 Å². The Morgan fingerprint density at radius 1 is 1.33 bits per heavy atom. The van der Waals surface area contributed by atoms with E-state index in [9.17, 15) is 0 Å². The maximum Gasteiger partial charge on any atom is 0.235 e. The van der Waals surface area contributed by atoms with Gasteiger partial charge in [-0.3, -0.25) is 0 Å². The van der Waals surface area contributed by atoms with Crippen molar-refractivity contribution in [2.75, 3.05) is 12.8 Å². The molecule has 1 heterocycles. The fourth-order valence-corrected chi connectivity index (χ4v) is 1.47. The van der Waals surface area contributed by atoms with Gasteiger partial charge in [0.25, 0.3) is 0 Å². The highest BCUT2D eigenvalue weighted by atomic mass is 16.5. The normalized spacial score (nSPS) is 10.3. The van der Waals surface area contributed by atoms with Crippen molar-refractivity contribution in [3.05, 3.63) is 35.9 Å². The van der Waals surface area contributed by atoms with E-state index in [1.54, 1.807) is 17.9 Å². The summed E-state index contributed by atoms with van der Waals surface area (Å²) in [5, 5.41) is 4.23. The Morgan fingerprint density at radius 3 is 2.67 bits per heavy atom. The van der Waals surface area contributed by atoms with Crippen LogP contribution in [-0.4, -0.2) is 16.9 Å². The van der Waals surface area contributed by atoms with E-state index in [0.717, 1.165) is 11.3 Å². The van der Waals surface area contributed by atoms with E-state index in [1.165, 1.54) is 0 Å². The van der Waals surface area contributed by atoms with E-state index in [1.807, 2.05) is 31.2 Å². The van der Waals surface area contributed by atoms with Gasteiger partial charge in [0.15, 0.2) is 0 Å².